The average Bonchev–Trinajstić information content (AvgIpc) is 3.83. The molecule has 11 heteroatoms. The van der Waals surface area contributed by atoms with E-state index in [1.807, 2.05) is 11.0 Å². The normalized spacial score (nSPS) is 24.9. The Morgan fingerprint density at radius 1 is 1.18 bits per heavy atom. The van der Waals surface area contributed by atoms with Gasteiger partial charge >= 0.3 is 0 Å². The van der Waals surface area contributed by atoms with Crippen molar-refractivity contribution in [2.24, 2.45) is 11.3 Å². The van der Waals surface area contributed by atoms with Crippen LogP contribution in [0.3, 0.4) is 0 Å². The number of aliphatic hydroxyl groups excluding tert-OH is 1. The van der Waals surface area contributed by atoms with Crippen LogP contribution in [-0.2, 0) is 17.9 Å². The predicted octanol–water partition coefficient (Wildman–Crippen LogP) is 5.21. The van der Waals surface area contributed by atoms with E-state index < -0.39 is 0 Å². The first-order valence-electron chi connectivity index (χ1n) is 15.5. The minimum atomic E-state index is -0.210. The molecule has 230 valence electrons. The van der Waals surface area contributed by atoms with Crippen LogP contribution in [-0.4, -0.2) is 61.6 Å². The van der Waals surface area contributed by atoms with Crippen LogP contribution >= 0.6 is 11.3 Å². The second-order valence-electron chi connectivity index (χ2n) is 12.7. The van der Waals surface area contributed by atoms with Gasteiger partial charge in [-0.15, -0.1) is 11.3 Å². The summed E-state index contributed by atoms with van der Waals surface area (Å²) in [6.45, 7) is 6.72. The Kier molecular flexibility index (Phi) is 7.86. The first-order valence-corrected chi connectivity index (χ1v) is 16.3. The molecule has 3 aliphatic rings. The highest BCUT2D eigenvalue weighted by Gasteiger charge is 2.49. The molecule has 4 heterocycles. The Morgan fingerprint density at radius 2 is 2.02 bits per heavy atom. The molecule has 3 fully saturated rings. The number of hydrogen-bond acceptors (Lipinski definition) is 8. The molecule has 2 amide bonds. The van der Waals surface area contributed by atoms with Gasteiger partial charge in [-0.2, -0.15) is 0 Å². The van der Waals surface area contributed by atoms with E-state index in [0.29, 0.717) is 28.5 Å². The van der Waals surface area contributed by atoms with Crippen molar-refractivity contribution in [3.05, 3.63) is 66.0 Å². The minimum absolute atomic E-state index is 0.0161. The molecule has 0 unspecified atom stereocenters. The summed E-state index contributed by atoms with van der Waals surface area (Å²) in [5.41, 5.74) is 3.17. The van der Waals surface area contributed by atoms with E-state index >= 15 is 0 Å². The van der Waals surface area contributed by atoms with Gasteiger partial charge in [-0.3, -0.25) is 14.9 Å². The van der Waals surface area contributed by atoms with E-state index in [2.05, 4.69) is 45.0 Å². The highest BCUT2D eigenvalue weighted by molar-refractivity contribution is 7.17. The number of carbonyl (C=O) groups is 2. The van der Waals surface area contributed by atoms with Gasteiger partial charge < -0.3 is 24.3 Å². The standard InChI is InChI=1S/C33H38N6O4S/c1-2-30(41)38-12-11-33(19-38)14-22(15-33)18-39-26-8-3-21(16-35-23-4-6-24(40)7-5-23)13-25(26)36-32(39)37-31(42)29-10-9-28(44-29)27-17-34-20-43-27/h2-3,8-10,13,17,20,22-24,35,40H,1,4-7,11-12,14-16,18-19H2,(H,36,37,42). The number of amides is 2. The molecule has 10 nitrogen and oxygen atoms in total. The van der Waals surface area contributed by atoms with Gasteiger partial charge in [-0.25, -0.2) is 9.97 Å². The monoisotopic (exact) mass is 614 g/mol. The van der Waals surface area contributed by atoms with Gasteiger partial charge in [-0.05, 0) is 92.2 Å². The smallest absolute Gasteiger partial charge is 0.268 e. The van der Waals surface area contributed by atoms with Crippen molar-refractivity contribution in [3.63, 3.8) is 0 Å². The largest absolute Gasteiger partial charge is 0.443 e. The van der Waals surface area contributed by atoms with Crippen LogP contribution in [0.25, 0.3) is 21.7 Å². The third-order valence-electron chi connectivity index (χ3n) is 9.64. The fraction of sp³-hybridized carbons (Fsp3) is 0.455. The van der Waals surface area contributed by atoms with Crippen molar-refractivity contribution >= 4 is 40.1 Å². The maximum Gasteiger partial charge on any atom is 0.268 e. The molecule has 1 saturated heterocycles. The van der Waals surface area contributed by atoms with Crippen LogP contribution in [0.15, 0.2) is 60.0 Å². The van der Waals surface area contributed by atoms with Gasteiger partial charge in [0.15, 0.2) is 12.2 Å². The second-order valence-corrected chi connectivity index (χ2v) is 13.8. The molecule has 2 aliphatic carbocycles. The van der Waals surface area contributed by atoms with Crippen molar-refractivity contribution in [2.45, 2.75) is 70.2 Å². The van der Waals surface area contributed by atoms with Crippen LogP contribution in [0.5, 0.6) is 0 Å². The van der Waals surface area contributed by atoms with Crippen molar-refractivity contribution < 1.29 is 19.1 Å². The Morgan fingerprint density at radius 3 is 2.80 bits per heavy atom. The molecule has 7 rings (SSSR count). The maximum absolute atomic E-state index is 13.4. The number of fused-ring (bicyclic) bond motifs is 1. The molecule has 4 aromatic rings. The average molecular weight is 615 g/mol. The lowest BCUT2D eigenvalue weighted by Gasteiger charge is -2.45. The Labute approximate surface area is 260 Å². The van der Waals surface area contributed by atoms with Crippen molar-refractivity contribution in [1.29, 1.82) is 0 Å². The molecule has 0 bridgehead atoms. The van der Waals surface area contributed by atoms with Gasteiger partial charge in [-0.1, -0.05) is 12.6 Å². The lowest BCUT2D eigenvalue weighted by Crippen LogP contribution is -2.42. The van der Waals surface area contributed by atoms with Crippen LogP contribution in [0.4, 0.5) is 5.95 Å². The lowest BCUT2D eigenvalue weighted by atomic mass is 9.61. The molecule has 0 atom stereocenters. The van der Waals surface area contributed by atoms with Crippen LogP contribution in [0.1, 0.15) is 60.2 Å². The second kappa shape index (κ2) is 11.9. The van der Waals surface area contributed by atoms with Gasteiger partial charge in [0.2, 0.25) is 11.9 Å². The summed E-state index contributed by atoms with van der Waals surface area (Å²) in [6.07, 6.45) is 11.0. The number of thiophene rings is 1. The molecule has 1 aliphatic heterocycles. The number of oxazole rings is 1. The molecule has 1 spiro atoms. The Hall–Kier alpha value is -3.80. The van der Waals surface area contributed by atoms with E-state index in [0.717, 1.165) is 92.6 Å². The quantitative estimate of drug-likeness (QED) is 0.221. The zero-order valence-electron chi connectivity index (χ0n) is 24.7. The number of imidazole rings is 1. The van der Waals surface area contributed by atoms with Gasteiger partial charge in [0.25, 0.3) is 5.91 Å². The number of benzene rings is 1. The number of likely N-dealkylation sites (tertiary alicyclic amines) is 1. The number of anilines is 1. The fourth-order valence-electron chi connectivity index (χ4n) is 7.34. The van der Waals surface area contributed by atoms with Crippen LogP contribution in [0, 0.1) is 11.3 Å². The molecule has 44 heavy (non-hydrogen) atoms. The zero-order valence-corrected chi connectivity index (χ0v) is 25.5. The molecular formula is C33H38N6O4S. The zero-order chi connectivity index (χ0) is 30.3. The number of nitrogens with one attached hydrogen (secondary N) is 2. The summed E-state index contributed by atoms with van der Waals surface area (Å²) in [4.78, 5) is 37.8. The van der Waals surface area contributed by atoms with Crippen molar-refractivity contribution in [1.82, 2.24) is 24.8 Å². The van der Waals surface area contributed by atoms with Crippen molar-refractivity contribution in [3.8, 4) is 10.6 Å². The highest BCUT2D eigenvalue weighted by Crippen LogP contribution is 2.52. The molecular weight excluding hydrogens is 576 g/mol. The van der Waals surface area contributed by atoms with Gasteiger partial charge in [0.1, 0.15) is 0 Å². The molecule has 3 aromatic heterocycles. The summed E-state index contributed by atoms with van der Waals surface area (Å²) in [6, 6.07) is 10.4. The Bertz CT molecular complexity index is 1660. The number of nitrogens with zero attached hydrogens (tertiary/aromatic N) is 4. The fourth-order valence-corrected chi connectivity index (χ4v) is 8.19. The molecule has 3 N–H and O–H groups in total. The summed E-state index contributed by atoms with van der Waals surface area (Å²) < 4.78 is 7.55. The molecule has 1 aromatic carbocycles. The first-order chi connectivity index (χ1) is 21.4. The lowest BCUT2D eigenvalue weighted by molar-refractivity contribution is -0.125. The molecule has 2 saturated carbocycles. The SMILES string of the molecule is C=CC(=O)N1CCC2(CC(Cn3c(NC(=O)c4ccc(-c5cnco5)s4)nc4cc(CNC5CCC(O)CC5)ccc43)C2)C1. The number of hydrogen-bond donors (Lipinski definition) is 3. The number of carbonyl (C=O) groups excluding carboxylic acids is 2. The third-order valence-corrected chi connectivity index (χ3v) is 10.7. The summed E-state index contributed by atoms with van der Waals surface area (Å²) in [7, 11) is 0. The maximum atomic E-state index is 13.4. The van der Waals surface area contributed by atoms with E-state index in [1.165, 1.54) is 23.8 Å². The van der Waals surface area contributed by atoms with Crippen LogP contribution in [0.2, 0.25) is 0 Å². The highest BCUT2D eigenvalue weighted by atomic mass is 32.1. The number of aromatic nitrogens is 3. The third kappa shape index (κ3) is 5.83. The summed E-state index contributed by atoms with van der Waals surface area (Å²) in [5, 5.41) is 16.6. The van der Waals surface area contributed by atoms with Gasteiger partial charge in [0, 0.05) is 32.2 Å². The first kappa shape index (κ1) is 28.9. The van der Waals surface area contributed by atoms with E-state index in [1.54, 1.807) is 12.3 Å². The number of rotatable bonds is 9. The summed E-state index contributed by atoms with van der Waals surface area (Å²) in [5.74, 6) is 1.41. The van der Waals surface area contributed by atoms with Crippen molar-refractivity contribution in [2.75, 3.05) is 18.4 Å². The molecule has 0 radical (unpaired) electrons. The van der Waals surface area contributed by atoms with E-state index in [4.69, 9.17) is 9.40 Å². The number of aliphatic hydroxyl groups is 1. The van der Waals surface area contributed by atoms with Gasteiger partial charge in [0.05, 0.1) is 33.1 Å². The summed E-state index contributed by atoms with van der Waals surface area (Å²) >= 11 is 1.35. The van der Waals surface area contributed by atoms with E-state index in [-0.39, 0.29) is 23.3 Å². The van der Waals surface area contributed by atoms with Crippen LogP contribution < -0.4 is 10.6 Å². The van der Waals surface area contributed by atoms with E-state index in [9.17, 15) is 14.7 Å². The Balaban J connectivity index is 1.09. The minimum Gasteiger partial charge on any atom is -0.443 e. The predicted molar refractivity (Wildman–Crippen MR) is 169 cm³/mol. The topological polar surface area (TPSA) is 126 Å².